The van der Waals surface area contributed by atoms with E-state index < -0.39 is 21.7 Å². The topological polar surface area (TPSA) is 75.3 Å². The van der Waals surface area contributed by atoms with Crippen molar-refractivity contribution in [3.8, 4) is 0 Å². The van der Waals surface area contributed by atoms with E-state index in [0.29, 0.717) is 10.2 Å². The molecule has 0 atom stereocenters. The van der Waals surface area contributed by atoms with E-state index in [1.165, 1.54) is 43.4 Å². The van der Waals surface area contributed by atoms with Crippen molar-refractivity contribution in [2.24, 2.45) is 0 Å². The van der Waals surface area contributed by atoms with Crippen molar-refractivity contribution in [3.63, 3.8) is 0 Å². The second-order valence-electron chi connectivity index (χ2n) is 4.31. The number of carbonyl (C=O) groups excluding carboxylic acids is 1. The van der Waals surface area contributed by atoms with Crippen LogP contribution in [-0.2, 0) is 10.0 Å². The predicted octanol–water partition coefficient (Wildman–Crippen LogP) is 2.75. The van der Waals surface area contributed by atoms with E-state index in [9.17, 15) is 17.6 Å². The van der Waals surface area contributed by atoms with Gasteiger partial charge in [-0.25, -0.2) is 17.5 Å². The number of anilines is 1. The Bertz CT molecular complexity index is 807. The zero-order valence-electron chi connectivity index (χ0n) is 11.4. The van der Waals surface area contributed by atoms with E-state index in [2.05, 4.69) is 26.0 Å². The number of sulfonamides is 1. The summed E-state index contributed by atoms with van der Waals surface area (Å²) in [7, 11) is -2.22. The van der Waals surface area contributed by atoms with Gasteiger partial charge < -0.3 is 5.32 Å². The first-order valence-electron chi connectivity index (χ1n) is 6.13. The lowest BCUT2D eigenvalue weighted by Gasteiger charge is -2.08. The van der Waals surface area contributed by atoms with Gasteiger partial charge in [-0.2, -0.15) is 0 Å². The summed E-state index contributed by atoms with van der Waals surface area (Å²) in [6.07, 6.45) is 0. The second kappa shape index (κ2) is 6.55. The lowest BCUT2D eigenvalue weighted by Crippen LogP contribution is -2.18. The van der Waals surface area contributed by atoms with Crippen molar-refractivity contribution in [2.75, 3.05) is 12.4 Å². The Hall–Kier alpha value is -1.77. The third kappa shape index (κ3) is 3.70. The molecule has 0 aliphatic heterocycles. The number of carbonyl (C=O) groups is 1. The number of hydrogen-bond donors (Lipinski definition) is 2. The van der Waals surface area contributed by atoms with Crippen LogP contribution in [0.2, 0.25) is 0 Å². The van der Waals surface area contributed by atoms with Crippen LogP contribution in [0.3, 0.4) is 0 Å². The highest BCUT2D eigenvalue weighted by atomic mass is 79.9. The van der Waals surface area contributed by atoms with E-state index in [4.69, 9.17) is 0 Å². The highest BCUT2D eigenvalue weighted by Crippen LogP contribution is 2.20. The maximum atomic E-state index is 13.2. The average molecular weight is 387 g/mol. The molecule has 0 aliphatic rings. The molecule has 22 heavy (non-hydrogen) atoms. The Kier molecular flexibility index (Phi) is 4.94. The molecular formula is C14H12BrFN2O3S. The zero-order chi connectivity index (χ0) is 16.3. The summed E-state index contributed by atoms with van der Waals surface area (Å²) in [5.74, 6) is -1.03. The maximum absolute atomic E-state index is 13.2. The van der Waals surface area contributed by atoms with Crippen molar-refractivity contribution in [3.05, 3.63) is 58.3 Å². The van der Waals surface area contributed by atoms with Crippen molar-refractivity contribution in [1.82, 2.24) is 4.72 Å². The fourth-order valence-corrected chi connectivity index (χ4v) is 2.86. The summed E-state index contributed by atoms with van der Waals surface area (Å²) in [4.78, 5) is 12.2. The number of rotatable bonds is 4. The smallest absolute Gasteiger partial charge is 0.256 e. The number of halogens is 2. The highest BCUT2D eigenvalue weighted by Gasteiger charge is 2.13. The van der Waals surface area contributed by atoms with Crippen molar-refractivity contribution in [2.45, 2.75) is 4.90 Å². The van der Waals surface area contributed by atoms with Crippen LogP contribution < -0.4 is 10.0 Å². The van der Waals surface area contributed by atoms with Gasteiger partial charge in [0.05, 0.1) is 10.5 Å². The molecule has 2 N–H and O–H groups in total. The lowest BCUT2D eigenvalue weighted by molar-refractivity contribution is 0.102. The van der Waals surface area contributed by atoms with E-state index in [1.807, 2.05) is 0 Å². The van der Waals surface area contributed by atoms with E-state index in [-0.39, 0.29) is 10.5 Å². The average Bonchev–Trinajstić information content (AvgIpc) is 2.50. The Labute approximate surface area is 135 Å². The molecular weight excluding hydrogens is 375 g/mol. The van der Waals surface area contributed by atoms with Gasteiger partial charge in [-0.15, -0.1) is 0 Å². The molecule has 1 amide bonds. The van der Waals surface area contributed by atoms with E-state index >= 15 is 0 Å². The molecule has 0 heterocycles. The van der Waals surface area contributed by atoms with Crippen LogP contribution in [0.15, 0.2) is 51.8 Å². The van der Waals surface area contributed by atoms with Crippen LogP contribution >= 0.6 is 15.9 Å². The summed E-state index contributed by atoms with van der Waals surface area (Å²) >= 11 is 3.18. The maximum Gasteiger partial charge on any atom is 0.256 e. The van der Waals surface area contributed by atoms with Gasteiger partial charge in [0.25, 0.3) is 5.91 Å². The molecule has 0 spiro atoms. The van der Waals surface area contributed by atoms with E-state index in [1.54, 1.807) is 0 Å². The monoisotopic (exact) mass is 386 g/mol. The van der Waals surface area contributed by atoms with Crippen LogP contribution in [0.1, 0.15) is 10.4 Å². The third-order valence-corrected chi connectivity index (χ3v) is 4.99. The highest BCUT2D eigenvalue weighted by molar-refractivity contribution is 9.10. The zero-order valence-corrected chi connectivity index (χ0v) is 13.8. The predicted molar refractivity (Wildman–Crippen MR) is 84.7 cm³/mol. The number of amides is 1. The summed E-state index contributed by atoms with van der Waals surface area (Å²) in [5, 5.41) is 2.57. The Balaban J connectivity index is 2.21. The largest absolute Gasteiger partial charge is 0.322 e. The van der Waals surface area contributed by atoms with Gasteiger partial charge in [0.2, 0.25) is 10.0 Å². The number of benzene rings is 2. The molecule has 116 valence electrons. The molecule has 2 aromatic carbocycles. The molecule has 0 saturated heterocycles. The molecule has 0 saturated carbocycles. The van der Waals surface area contributed by atoms with Crippen LogP contribution in [0, 0.1) is 5.82 Å². The van der Waals surface area contributed by atoms with Gasteiger partial charge in [-0.3, -0.25) is 4.79 Å². The van der Waals surface area contributed by atoms with Gasteiger partial charge in [-0.1, -0.05) is 0 Å². The number of nitrogens with one attached hydrogen (secondary N) is 2. The Morgan fingerprint density at radius 2 is 1.77 bits per heavy atom. The van der Waals surface area contributed by atoms with Gasteiger partial charge in [0.1, 0.15) is 5.82 Å². The van der Waals surface area contributed by atoms with Crippen LogP contribution in [0.25, 0.3) is 0 Å². The van der Waals surface area contributed by atoms with E-state index in [0.717, 1.165) is 6.07 Å². The minimum atomic E-state index is -3.53. The summed E-state index contributed by atoms with van der Waals surface area (Å²) < 4.78 is 39.0. The van der Waals surface area contributed by atoms with Crippen LogP contribution in [0.5, 0.6) is 0 Å². The van der Waals surface area contributed by atoms with Gasteiger partial charge in [0, 0.05) is 10.2 Å². The second-order valence-corrected chi connectivity index (χ2v) is 7.05. The lowest BCUT2D eigenvalue weighted by atomic mass is 10.2. The minimum Gasteiger partial charge on any atom is -0.322 e. The van der Waals surface area contributed by atoms with Gasteiger partial charge >= 0.3 is 0 Å². The SMILES string of the molecule is CNS(=O)(=O)c1ccc(NC(=O)c2cc(F)ccc2Br)cc1. The fraction of sp³-hybridized carbons (Fsp3) is 0.0714. The minimum absolute atomic E-state index is 0.0833. The van der Waals surface area contributed by atoms with Crippen LogP contribution in [-0.4, -0.2) is 21.4 Å². The molecule has 0 fully saturated rings. The molecule has 5 nitrogen and oxygen atoms in total. The first-order chi connectivity index (χ1) is 10.3. The molecule has 0 radical (unpaired) electrons. The van der Waals surface area contributed by atoms with Gasteiger partial charge in [0.15, 0.2) is 0 Å². The van der Waals surface area contributed by atoms with Crippen molar-refractivity contribution >= 4 is 37.5 Å². The molecule has 0 unspecified atom stereocenters. The van der Waals surface area contributed by atoms with Crippen molar-refractivity contribution in [1.29, 1.82) is 0 Å². The Morgan fingerprint density at radius 1 is 1.14 bits per heavy atom. The Morgan fingerprint density at radius 3 is 2.36 bits per heavy atom. The normalized spacial score (nSPS) is 11.2. The van der Waals surface area contributed by atoms with Crippen LogP contribution in [0.4, 0.5) is 10.1 Å². The molecule has 8 heteroatoms. The molecule has 0 aromatic heterocycles. The fourth-order valence-electron chi connectivity index (χ4n) is 1.71. The molecule has 2 rings (SSSR count). The summed E-state index contributed by atoms with van der Waals surface area (Å²) in [6, 6.07) is 9.42. The van der Waals surface area contributed by atoms with Gasteiger partial charge in [-0.05, 0) is 65.4 Å². The summed E-state index contributed by atoms with van der Waals surface area (Å²) in [6.45, 7) is 0. The quantitative estimate of drug-likeness (QED) is 0.847. The first kappa shape index (κ1) is 16.6. The molecule has 0 aliphatic carbocycles. The molecule has 2 aromatic rings. The standard InChI is InChI=1S/C14H12BrFN2O3S/c1-17-22(20,21)11-5-3-10(4-6-11)18-14(19)12-8-9(16)2-7-13(12)15/h2-8,17H,1H3,(H,18,19). The summed E-state index contributed by atoms with van der Waals surface area (Å²) in [5.41, 5.74) is 0.545. The third-order valence-electron chi connectivity index (χ3n) is 2.86. The van der Waals surface area contributed by atoms with Crippen molar-refractivity contribution < 1.29 is 17.6 Å². The first-order valence-corrected chi connectivity index (χ1v) is 8.41. The number of hydrogen-bond acceptors (Lipinski definition) is 3. The molecule has 0 bridgehead atoms.